The van der Waals surface area contributed by atoms with Gasteiger partial charge in [-0.15, -0.1) is 0 Å². The molecule has 1 aromatic carbocycles. The maximum absolute atomic E-state index is 5.92. The molecule has 19 heavy (non-hydrogen) atoms. The molecule has 0 radical (unpaired) electrons. The average Bonchev–Trinajstić information content (AvgIpc) is 3.17. The molecular formula is C16H26N2O. The van der Waals surface area contributed by atoms with Crippen LogP contribution in [0.1, 0.15) is 46.0 Å². The van der Waals surface area contributed by atoms with Gasteiger partial charge in [0.05, 0.1) is 12.3 Å². The SMILES string of the molecule is CCCOc1cc(NCC2(CCC)CC2)ccc1N. The Bertz CT molecular complexity index is 413. The minimum absolute atomic E-state index is 0.556. The highest BCUT2D eigenvalue weighted by atomic mass is 16.5. The summed E-state index contributed by atoms with van der Waals surface area (Å²) in [5.74, 6) is 0.798. The first-order chi connectivity index (χ1) is 9.19. The van der Waals surface area contributed by atoms with E-state index in [4.69, 9.17) is 10.5 Å². The molecule has 0 heterocycles. The predicted molar refractivity (Wildman–Crippen MR) is 81.7 cm³/mol. The third-order valence-electron chi connectivity index (χ3n) is 3.88. The van der Waals surface area contributed by atoms with Crippen molar-refractivity contribution in [3.8, 4) is 5.75 Å². The number of nitrogen functional groups attached to an aromatic ring is 1. The van der Waals surface area contributed by atoms with E-state index in [2.05, 4.69) is 19.2 Å². The average molecular weight is 262 g/mol. The van der Waals surface area contributed by atoms with Crippen molar-refractivity contribution in [2.75, 3.05) is 24.2 Å². The third kappa shape index (κ3) is 3.79. The summed E-state index contributed by atoms with van der Waals surface area (Å²) in [5.41, 5.74) is 8.31. The first-order valence-corrected chi connectivity index (χ1v) is 7.45. The van der Waals surface area contributed by atoms with Crippen LogP contribution in [0.3, 0.4) is 0 Å². The summed E-state index contributed by atoms with van der Waals surface area (Å²) >= 11 is 0. The van der Waals surface area contributed by atoms with Gasteiger partial charge < -0.3 is 15.8 Å². The molecule has 2 rings (SSSR count). The number of nitrogens with two attached hydrogens (primary N) is 1. The first-order valence-electron chi connectivity index (χ1n) is 7.45. The number of nitrogens with one attached hydrogen (secondary N) is 1. The van der Waals surface area contributed by atoms with Gasteiger partial charge >= 0.3 is 0 Å². The maximum Gasteiger partial charge on any atom is 0.144 e. The molecule has 3 heteroatoms. The molecule has 1 aliphatic rings. The number of rotatable bonds is 8. The summed E-state index contributed by atoms with van der Waals surface area (Å²) in [4.78, 5) is 0. The Morgan fingerprint density at radius 1 is 1.26 bits per heavy atom. The van der Waals surface area contributed by atoms with Gasteiger partial charge in [0.1, 0.15) is 5.75 Å². The van der Waals surface area contributed by atoms with Crippen LogP contribution in [-0.4, -0.2) is 13.2 Å². The van der Waals surface area contributed by atoms with Crippen molar-refractivity contribution < 1.29 is 4.74 Å². The van der Waals surface area contributed by atoms with Gasteiger partial charge in [0.15, 0.2) is 0 Å². The number of hydrogen-bond acceptors (Lipinski definition) is 3. The molecule has 0 amide bonds. The molecule has 3 N–H and O–H groups in total. The lowest BCUT2D eigenvalue weighted by Gasteiger charge is -2.17. The maximum atomic E-state index is 5.92. The highest BCUT2D eigenvalue weighted by Crippen LogP contribution is 2.49. The van der Waals surface area contributed by atoms with E-state index in [0.29, 0.717) is 17.7 Å². The van der Waals surface area contributed by atoms with Crippen molar-refractivity contribution in [1.82, 2.24) is 0 Å². The molecule has 0 unspecified atom stereocenters. The second kappa shape index (κ2) is 6.18. The Morgan fingerprint density at radius 2 is 2.05 bits per heavy atom. The summed E-state index contributed by atoms with van der Waals surface area (Å²) in [7, 11) is 0. The third-order valence-corrected chi connectivity index (χ3v) is 3.88. The summed E-state index contributed by atoms with van der Waals surface area (Å²) < 4.78 is 5.66. The Hall–Kier alpha value is -1.38. The molecule has 0 bridgehead atoms. The lowest BCUT2D eigenvalue weighted by atomic mass is 10.0. The second-order valence-electron chi connectivity index (χ2n) is 5.70. The normalized spacial score (nSPS) is 16.1. The quantitative estimate of drug-likeness (QED) is 0.695. The van der Waals surface area contributed by atoms with Crippen LogP contribution >= 0.6 is 0 Å². The van der Waals surface area contributed by atoms with E-state index < -0.39 is 0 Å². The molecule has 1 aliphatic carbocycles. The van der Waals surface area contributed by atoms with Crippen LogP contribution in [0.2, 0.25) is 0 Å². The van der Waals surface area contributed by atoms with Gasteiger partial charge in [0, 0.05) is 18.3 Å². The van der Waals surface area contributed by atoms with E-state index in [0.717, 1.165) is 24.4 Å². The Morgan fingerprint density at radius 3 is 2.68 bits per heavy atom. The zero-order valence-electron chi connectivity index (χ0n) is 12.2. The van der Waals surface area contributed by atoms with E-state index in [-0.39, 0.29) is 0 Å². The van der Waals surface area contributed by atoms with Crippen LogP contribution in [0.4, 0.5) is 11.4 Å². The van der Waals surface area contributed by atoms with Gasteiger partial charge in [-0.05, 0) is 43.2 Å². The van der Waals surface area contributed by atoms with E-state index >= 15 is 0 Å². The van der Waals surface area contributed by atoms with E-state index in [9.17, 15) is 0 Å². The van der Waals surface area contributed by atoms with Crippen LogP contribution in [0.25, 0.3) is 0 Å². The Balaban J connectivity index is 1.93. The van der Waals surface area contributed by atoms with Crippen LogP contribution in [0.15, 0.2) is 18.2 Å². The van der Waals surface area contributed by atoms with Gasteiger partial charge in [-0.25, -0.2) is 0 Å². The van der Waals surface area contributed by atoms with Crippen molar-refractivity contribution in [3.63, 3.8) is 0 Å². The van der Waals surface area contributed by atoms with Crippen LogP contribution in [0.5, 0.6) is 5.75 Å². The highest BCUT2D eigenvalue weighted by molar-refractivity contribution is 5.61. The lowest BCUT2D eigenvalue weighted by molar-refractivity contribution is 0.319. The van der Waals surface area contributed by atoms with Gasteiger partial charge in [0.2, 0.25) is 0 Å². The van der Waals surface area contributed by atoms with E-state index in [1.54, 1.807) is 0 Å². The zero-order valence-corrected chi connectivity index (χ0v) is 12.2. The largest absolute Gasteiger partial charge is 0.491 e. The standard InChI is InChI=1S/C16H26N2O/c1-3-7-16(8-9-16)12-18-13-5-6-14(17)15(11-13)19-10-4-2/h5-6,11,18H,3-4,7-10,12,17H2,1-2H3. The molecule has 0 atom stereocenters. The van der Waals surface area contributed by atoms with Crippen LogP contribution < -0.4 is 15.8 Å². The zero-order chi connectivity index (χ0) is 13.7. The predicted octanol–water partition coefficient (Wildman–Crippen LogP) is 4.05. The number of anilines is 2. The van der Waals surface area contributed by atoms with E-state index in [1.165, 1.54) is 25.7 Å². The van der Waals surface area contributed by atoms with Crippen molar-refractivity contribution in [2.24, 2.45) is 5.41 Å². The summed E-state index contributed by atoms with van der Waals surface area (Å²) in [6.45, 7) is 6.14. The smallest absolute Gasteiger partial charge is 0.144 e. The second-order valence-corrected chi connectivity index (χ2v) is 5.70. The molecule has 0 aliphatic heterocycles. The van der Waals surface area contributed by atoms with Crippen molar-refractivity contribution in [1.29, 1.82) is 0 Å². The number of ether oxygens (including phenoxy) is 1. The van der Waals surface area contributed by atoms with Crippen molar-refractivity contribution in [3.05, 3.63) is 18.2 Å². The molecule has 1 aromatic rings. The fourth-order valence-corrected chi connectivity index (χ4v) is 2.49. The molecular weight excluding hydrogens is 236 g/mol. The van der Waals surface area contributed by atoms with Crippen LogP contribution in [0, 0.1) is 5.41 Å². The van der Waals surface area contributed by atoms with Gasteiger partial charge in [-0.2, -0.15) is 0 Å². The molecule has 106 valence electrons. The van der Waals surface area contributed by atoms with Gasteiger partial charge in [-0.3, -0.25) is 0 Å². The summed E-state index contributed by atoms with van der Waals surface area (Å²) in [5, 5.41) is 3.54. The van der Waals surface area contributed by atoms with Gasteiger partial charge in [0.25, 0.3) is 0 Å². The molecule has 1 saturated carbocycles. The van der Waals surface area contributed by atoms with Crippen molar-refractivity contribution in [2.45, 2.75) is 46.0 Å². The summed E-state index contributed by atoms with van der Waals surface area (Å²) in [6.07, 6.45) is 6.32. The molecule has 0 spiro atoms. The number of benzene rings is 1. The minimum Gasteiger partial charge on any atom is -0.491 e. The minimum atomic E-state index is 0.556. The Labute approximate surface area is 116 Å². The van der Waals surface area contributed by atoms with Crippen LogP contribution in [-0.2, 0) is 0 Å². The number of hydrogen-bond donors (Lipinski definition) is 2. The molecule has 0 aromatic heterocycles. The monoisotopic (exact) mass is 262 g/mol. The molecule has 0 saturated heterocycles. The topological polar surface area (TPSA) is 47.3 Å². The molecule has 3 nitrogen and oxygen atoms in total. The fourth-order valence-electron chi connectivity index (χ4n) is 2.49. The molecule has 1 fully saturated rings. The highest BCUT2D eigenvalue weighted by Gasteiger charge is 2.40. The first kappa shape index (κ1) is 14.0. The van der Waals surface area contributed by atoms with Crippen molar-refractivity contribution >= 4 is 11.4 Å². The lowest BCUT2D eigenvalue weighted by Crippen LogP contribution is -2.15. The Kier molecular flexibility index (Phi) is 4.56. The summed E-state index contributed by atoms with van der Waals surface area (Å²) in [6, 6.07) is 5.98. The fraction of sp³-hybridized carbons (Fsp3) is 0.625. The van der Waals surface area contributed by atoms with Gasteiger partial charge in [-0.1, -0.05) is 20.3 Å². The van der Waals surface area contributed by atoms with E-state index in [1.807, 2.05) is 18.2 Å².